The van der Waals surface area contributed by atoms with Crippen molar-refractivity contribution in [2.24, 2.45) is 5.92 Å². The third-order valence-electron chi connectivity index (χ3n) is 5.99. The molecule has 6 heteroatoms. The summed E-state index contributed by atoms with van der Waals surface area (Å²) < 4.78 is 28.6. The monoisotopic (exact) mass is 412 g/mol. The first-order chi connectivity index (χ1) is 13.7. The molecular formula is C23H28N2O3S. The number of rotatable bonds is 6. The van der Waals surface area contributed by atoms with Crippen molar-refractivity contribution in [2.75, 3.05) is 18.0 Å². The van der Waals surface area contributed by atoms with Gasteiger partial charge in [0, 0.05) is 30.1 Å². The highest BCUT2D eigenvalue weighted by molar-refractivity contribution is 7.89. The molecule has 1 amide bonds. The Morgan fingerprint density at radius 2 is 1.86 bits per heavy atom. The highest BCUT2D eigenvalue weighted by atomic mass is 32.2. The second-order valence-electron chi connectivity index (χ2n) is 8.93. The summed E-state index contributed by atoms with van der Waals surface area (Å²) in [6.45, 7) is 7.06. The van der Waals surface area contributed by atoms with Crippen LogP contribution >= 0.6 is 0 Å². The van der Waals surface area contributed by atoms with Gasteiger partial charge in [-0.1, -0.05) is 51.1 Å². The zero-order valence-electron chi connectivity index (χ0n) is 17.2. The lowest BCUT2D eigenvalue weighted by Gasteiger charge is -2.20. The van der Waals surface area contributed by atoms with Crippen molar-refractivity contribution in [3.05, 3.63) is 59.7 Å². The molecule has 154 valence electrons. The number of anilines is 1. The molecule has 0 spiro atoms. The minimum absolute atomic E-state index is 0.0727. The van der Waals surface area contributed by atoms with Crippen LogP contribution in [0.2, 0.25) is 0 Å². The van der Waals surface area contributed by atoms with Crippen LogP contribution in [0.5, 0.6) is 0 Å². The van der Waals surface area contributed by atoms with Crippen molar-refractivity contribution in [1.29, 1.82) is 0 Å². The maximum atomic E-state index is 12.9. The van der Waals surface area contributed by atoms with Gasteiger partial charge in [-0.05, 0) is 48.1 Å². The maximum Gasteiger partial charge on any atom is 0.240 e. The third-order valence-corrected chi connectivity index (χ3v) is 7.41. The second-order valence-corrected chi connectivity index (χ2v) is 10.7. The molecule has 2 aromatic rings. The zero-order chi connectivity index (χ0) is 20.8. The van der Waals surface area contributed by atoms with E-state index in [1.54, 1.807) is 18.2 Å². The molecule has 29 heavy (non-hydrogen) atoms. The summed E-state index contributed by atoms with van der Waals surface area (Å²) in [5.74, 6) is 0.382. The molecule has 1 heterocycles. The first-order valence-corrected chi connectivity index (χ1v) is 11.7. The van der Waals surface area contributed by atoms with E-state index in [9.17, 15) is 13.2 Å². The number of nitrogens with one attached hydrogen (secondary N) is 1. The Morgan fingerprint density at radius 3 is 2.52 bits per heavy atom. The fourth-order valence-electron chi connectivity index (χ4n) is 3.99. The summed E-state index contributed by atoms with van der Waals surface area (Å²) >= 11 is 0. The summed E-state index contributed by atoms with van der Waals surface area (Å²) in [6, 6.07) is 15.0. The topological polar surface area (TPSA) is 66.5 Å². The standard InChI is InChI=1S/C23H28N2O3S/c1-16(17-7-5-4-6-8-17)14-24-29(27,28)19-11-12-21-20(13-19)23(2,3)15-25(21)22(26)18-9-10-18/h4-8,11-13,16,18,24H,9-10,14-15H2,1-3H3. The summed E-state index contributed by atoms with van der Waals surface area (Å²) in [5.41, 5.74) is 2.59. The van der Waals surface area contributed by atoms with Crippen LogP contribution < -0.4 is 9.62 Å². The van der Waals surface area contributed by atoms with E-state index in [1.807, 2.05) is 42.2 Å². The van der Waals surface area contributed by atoms with Gasteiger partial charge in [0.15, 0.2) is 0 Å². The minimum Gasteiger partial charge on any atom is -0.311 e. The Balaban J connectivity index is 1.55. The lowest BCUT2D eigenvalue weighted by molar-refractivity contribution is -0.119. The van der Waals surface area contributed by atoms with Crippen LogP contribution in [0.25, 0.3) is 0 Å². The SMILES string of the molecule is CC(CNS(=O)(=O)c1ccc2c(c1)C(C)(C)CN2C(=O)C1CC1)c1ccccc1. The number of carbonyl (C=O) groups excluding carboxylic acids is 1. The van der Waals surface area contributed by atoms with Gasteiger partial charge in [0.2, 0.25) is 15.9 Å². The summed E-state index contributed by atoms with van der Waals surface area (Å²) in [5, 5.41) is 0. The van der Waals surface area contributed by atoms with Gasteiger partial charge in [-0.2, -0.15) is 0 Å². The third kappa shape index (κ3) is 3.96. The predicted octanol–water partition coefficient (Wildman–Crippen LogP) is 3.80. The van der Waals surface area contributed by atoms with E-state index >= 15 is 0 Å². The molecule has 1 unspecified atom stereocenters. The molecule has 4 rings (SSSR count). The van der Waals surface area contributed by atoms with Gasteiger partial charge >= 0.3 is 0 Å². The number of carbonyl (C=O) groups is 1. The van der Waals surface area contributed by atoms with Gasteiger partial charge in [0.1, 0.15) is 0 Å². The van der Waals surface area contributed by atoms with E-state index < -0.39 is 10.0 Å². The molecule has 1 fully saturated rings. The molecule has 1 atom stereocenters. The number of fused-ring (bicyclic) bond motifs is 1. The fourth-order valence-corrected chi connectivity index (χ4v) is 5.15. The van der Waals surface area contributed by atoms with Crippen molar-refractivity contribution < 1.29 is 13.2 Å². The van der Waals surface area contributed by atoms with E-state index in [2.05, 4.69) is 18.6 Å². The molecule has 0 bridgehead atoms. The van der Waals surface area contributed by atoms with Crippen LogP contribution in [-0.2, 0) is 20.2 Å². The summed E-state index contributed by atoms with van der Waals surface area (Å²) in [6.07, 6.45) is 1.92. The van der Waals surface area contributed by atoms with E-state index in [-0.39, 0.29) is 28.1 Å². The Bertz CT molecular complexity index is 1030. The number of hydrogen-bond donors (Lipinski definition) is 1. The molecule has 0 saturated heterocycles. The molecule has 1 saturated carbocycles. The van der Waals surface area contributed by atoms with Gasteiger partial charge < -0.3 is 4.90 Å². The van der Waals surface area contributed by atoms with Crippen LogP contribution in [0.3, 0.4) is 0 Å². The van der Waals surface area contributed by atoms with Crippen molar-refractivity contribution in [3.63, 3.8) is 0 Å². The van der Waals surface area contributed by atoms with Crippen molar-refractivity contribution in [3.8, 4) is 0 Å². The van der Waals surface area contributed by atoms with E-state index in [1.165, 1.54) is 0 Å². The van der Waals surface area contributed by atoms with Gasteiger partial charge in [-0.15, -0.1) is 0 Å². The Labute approximate surface area is 173 Å². The molecule has 2 aromatic carbocycles. The van der Waals surface area contributed by atoms with Gasteiger partial charge in [-0.3, -0.25) is 4.79 Å². The molecular weight excluding hydrogens is 384 g/mol. The first-order valence-electron chi connectivity index (χ1n) is 10.2. The number of nitrogens with zero attached hydrogens (tertiary/aromatic N) is 1. The Morgan fingerprint density at radius 1 is 1.17 bits per heavy atom. The van der Waals surface area contributed by atoms with Crippen LogP contribution in [-0.4, -0.2) is 27.4 Å². The van der Waals surface area contributed by atoms with Gasteiger partial charge in [-0.25, -0.2) is 13.1 Å². The summed E-state index contributed by atoms with van der Waals surface area (Å²) in [7, 11) is -3.63. The average Bonchev–Trinajstić information content (AvgIpc) is 3.52. The molecule has 2 aliphatic rings. The fraction of sp³-hybridized carbons (Fsp3) is 0.435. The van der Waals surface area contributed by atoms with Crippen molar-refractivity contribution in [2.45, 2.75) is 49.8 Å². The van der Waals surface area contributed by atoms with Gasteiger partial charge in [0.25, 0.3) is 0 Å². The first kappa shape index (κ1) is 20.1. The Hall–Kier alpha value is -2.18. The highest BCUT2D eigenvalue weighted by Crippen LogP contribution is 2.44. The average molecular weight is 413 g/mol. The van der Waals surface area contributed by atoms with Crippen molar-refractivity contribution >= 4 is 21.6 Å². The van der Waals surface area contributed by atoms with E-state index in [4.69, 9.17) is 0 Å². The molecule has 1 aliphatic heterocycles. The number of sulfonamides is 1. The van der Waals surface area contributed by atoms with Gasteiger partial charge in [0.05, 0.1) is 4.90 Å². The number of benzene rings is 2. The number of amides is 1. The second kappa shape index (κ2) is 7.26. The lowest BCUT2D eigenvalue weighted by atomic mass is 9.87. The predicted molar refractivity (Wildman–Crippen MR) is 115 cm³/mol. The molecule has 0 aromatic heterocycles. The molecule has 1 aliphatic carbocycles. The summed E-state index contributed by atoms with van der Waals surface area (Å²) in [4.78, 5) is 14.7. The van der Waals surface area contributed by atoms with Crippen LogP contribution in [0.4, 0.5) is 5.69 Å². The highest BCUT2D eigenvalue weighted by Gasteiger charge is 2.43. The maximum absolute atomic E-state index is 12.9. The Kier molecular flexibility index (Phi) is 5.03. The van der Waals surface area contributed by atoms with Crippen LogP contribution in [0, 0.1) is 5.92 Å². The molecule has 1 N–H and O–H groups in total. The minimum atomic E-state index is -3.63. The quantitative estimate of drug-likeness (QED) is 0.785. The van der Waals surface area contributed by atoms with Crippen LogP contribution in [0.1, 0.15) is 50.7 Å². The van der Waals surface area contributed by atoms with Crippen molar-refractivity contribution in [1.82, 2.24) is 4.72 Å². The van der Waals surface area contributed by atoms with E-state index in [0.29, 0.717) is 13.1 Å². The lowest BCUT2D eigenvalue weighted by Crippen LogP contribution is -2.34. The largest absolute Gasteiger partial charge is 0.311 e. The molecule has 0 radical (unpaired) electrons. The molecule has 5 nitrogen and oxygen atoms in total. The smallest absolute Gasteiger partial charge is 0.240 e. The normalized spacial score (nSPS) is 19.1. The zero-order valence-corrected chi connectivity index (χ0v) is 18.0. The van der Waals surface area contributed by atoms with Crippen LogP contribution in [0.15, 0.2) is 53.4 Å². The number of hydrogen-bond acceptors (Lipinski definition) is 3. The van der Waals surface area contributed by atoms with E-state index in [0.717, 1.165) is 29.7 Å².